The van der Waals surface area contributed by atoms with Gasteiger partial charge in [0.1, 0.15) is 0 Å². The zero-order chi connectivity index (χ0) is 16.6. The fraction of sp³-hybridized carbons (Fsp3) is 0.611. The van der Waals surface area contributed by atoms with E-state index in [9.17, 15) is 13.2 Å². The van der Waals surface area contributed by atoms with E-state index in [-0.39, 0.29) is 16.4 Å². The van der Waals surface area contributed by atoms with E-state index in [0.717, 1.165) is 43.2 Å². The van der Waals surface area contributed by atoms with Crippen molar-refractivity contribution in [3.05, 3.63) is 34.9 Å². The predicted octanol–water partition coefficient (Wildman–Crippen LogP) is 2.88. The summed E-state index contributed by atoms with van der Waals surface area (Å²) in [7, 11) is -3.08. The third-order valence-corrected chi connectivity index (χ3v) is 7.86. The van der Waals surface area contributed by atoms with E-state index in [1.165, 1.54) is 0 Å². The molecule has 1 amide bonds. The van der Waals surface area contributed by atoms with Crippen LogP contribution in [0.2, 0.25) is 0 Å². The molecular weight excluding hydrogens is 310 g/mol. The molecule has 0 bridgehead atoms. The van der Waals surface area contributed by atoms with Gasteiger partial charge in [0.05, 0.1) is 10.5 Å². The fourth-order valence-electron chi connectivity index (χ4n) is 3.70. The third kappa shape index (κ3) is 3.16. The van der Waals surface area contributed by atoms with Crippen LogP contribution in [0.15, 0.2) is 18.2 Å². The number of aryl methyl sites for hydroxylation is 2. The molecule has 1 aliphatic heterocycles. The number of hydrogen-bond acceptors (Lipinski definition) is 3. The Hall–Kier alpha value is -1.36. The third-order valence-electron chi connectivity index (χ3n) is 5.23. The molecule has 1 aliphatic carbocycles. The summed E-state index contributed by atoms with van der Waals surface area (Å²) >= 11 is 0. The second kappa shape index (κ2) is 6.27. The lowest BCUT2D eigenvalue weighted by molar-refractivity contribution is 0.0657. The molecule has 2 fully saturated rings. The maximum atomic E-state index is 12.6. The van der Waals surface area contributed by atoms with Crippen LogP contribution in [0.5, 0.6) is 0 Å². The summed E-state index contributed by atoms with van der Waals surface area (Å²) in [6, 6.07) is 5.76. The Morgan fingerprint density at radius 1 is 1.04 bits per heavy atom. The molecule has 4 nitrogen and oxygen atoms in total. The van der Waals surface area contributed by atoms with Gasteiger partial charge in [0.15, 0.2) is 9.84 Å². The minimum atomic E-state index is -3.08. The van der Waals surface area contributed by atoms with Crippen LogP contribution >= 0.6 is 0 Å². The molecule has 126 valence electrons. The first-order valence-electron chi connectivity index (χ1n) is 8.49. The molecule has 3 rings (SSSR count). The fourth-order valence-corrected chi connectivity index (χ4v) is 6.01. The number of sulfone groups is 1. The summed E-state index contributed by atoms with van der Waals surface area (Å²) in [6.45, 7) is 4.63. The SMILES string of the molecule is Cc1ccc(C(=O)N2CC(S(=O)(=O)C3CCCCC3)C2)c(C)c1. The Bertz CT molecular complexity index is 699. The van der Waals surface area contributed by atoms with Crippen LogP contribution in [0.1, 0.15) is 53.6 Å². The topological polar surface area (TPSA) is 54.5 Å². The van der Waals surface area contributed by atoms with E-state index < -0.39 is 9.84 Å². The molecule has 1 heterocycles. The Morgan fingerprint density at radius 3 is 2.30 bits per heavy atom. The second-order valence-corrected chi connectivity index (χ2v) is 9.51. The lowest BCUT2D eigenvalue weighted by atomic mass is 10.0. The summed E-state index contributed by atoms with van der Waals surface area (Å²) < 4.78 is 25.3. The van der Waals surface area contributed by atoms with Gasteiger partial charge >= 0.3 is 0 Å². The minimum absolute atomic E-state index is 0.0439. The molecule has 0 radical (unpaired) electrons. The number of benzene rings is 1. The van der Waals surface area contributed by atoms with Crippen LogP contribution in [0.3, 0.4) is 0 Å². The van der Waals surface area contributed by atoms with Gasteiger partial charge in [-0.3, -0.25) is 4.79 Å². The Labute approximate surface area is 138 Å². The van der Waals surface area contributed by atoms with Crippen LogP contribution in [-0.2, 0) is 9.84 Å². The van der Waals surface area contributed by atoms with Gasteiger partial charge in [-0.25, -0.2) is 8.42 Å². The van der Waals surface area contributed by atoms with Crippen molar-refractivity contribution < 1.29 is 13.2 Å². The number of likely N-dealkylation sites (tertiary alicyclic amines) is 1. The van der Waals surface area contributed by atoms with Gasteiger partial charge in [0.25, 0.3) is 5.91 Å². The van der Waals surface area contributed by atoms with Gasteiger partial charge in [0, 0.05) is 18.7 Å². The lowest BCUT2D eigenvalue weighted by Crippen LogP contribution is -2.58. The smallest absolute Gasteiger partial charge is 0.254 e. The average molecular weight is 335 g/mol. The average Bonchev–Trinajstić information content (AvgIpc) is 2.46. The predicted molar refractivity (Wildman–Crippen MR) is 91.4 cm³/mol. The first kappa shape index (κ1) is 16.5. The van der Waals surface area contributed by atoms with E-state index >= 15 is 0 Å². The standard InChI is InChI=1S/C18H25NO3S/c1-13-8-9-17(14(2)10-13)18(20)19-11-16(12-19)23(21,22)15-6-4-3-5-7-15/h8-10,15-16H,3-7,11-12H2,1-2H3. The summed E-state index contributed by atoms with van der Waals surface area (Å²) in [5, 5.41) is -0.542. The molecule has 1 aromatic carbocycles. The van der Waals surface area contributed by atoms with Gasteiger partial charge in [-0.1, -0.05) is 37.0 Å². The molecule has 0 spiro atoms. The van der Waals surface area contributed by atoms with E-state index in [1.807, 2.05) is 32.0 Å². The molecule has 1 saturated heterocycles. The van der Waals surface area contributed by atoms with Crippen molar-refractivity contribution >= 4 is 15.7 Å². The molecule has 1 saturated carbocycles. The van der Waals surface area contributed by atoms with E-state index in [2.05, 4.69) is 0 Å². The molecule has 0 N–H and O–H groups in total. The molecule has 0 atom stereocenters. The van der Waals surface area contributed by atoms with E-state index in [1.54, 1.807) is 4.90 Å². The summed E-state index contributed by atoms with van der Waals surface area (Å²) in [6.07, 6.45) is 4.77. The quantitative estimate of drug-likeness (QED) is 0.853. The van der Waals surface area contributed by atoms with E-state index in [4.69, 9.17) is 0 Å². The van der Waals surface area contributed by atoms with Crippen LogP contribution in [0.4, 0.5) is 0 Å². The van der Waals surface area contributed by atoms with E-state index in [0.29, 0.717) is 18.7 Å². The number of hydrogen-bond donors (Lipinski definition) is 0. The first-order chi connectivity index (χ1) is 10.9. The van der Waals surface area contributed by atoms with Crippen molar-refractivity contribution in [2.24, 2.45) is 0 Å². The Kier molecular flexibility index (Phi) is 4.50. The molecule has 5 heteroatoms. The number of carbonyl (C=O) groups excluding carboxylic acids is 1. The maximum Gasteiger partial charge on any atom is 0.254 e. The van der Waals surface area contributed by atoms with Gasteiger partial charge in [-0.2, -0.15) is 0 Å². The Morgan fingerprint density at radius 2 is 1.70 bits per heavy atom. The highest BCUT2D eigenvalue weighted by Gasteiger charge is 2.43. The number of rotatable bonds is 3. The summed E-state index contributed by atoms with van der Waals surface area (Å²) in [4.78, 5) is 14.2. The van der Waals surface area contributed by atoms with Crippen molar-refractivity contribution in [2.75, 3.05) is 13.1 Å². The zero-order valence-electron chi connectivity index (χ0n) is 13.9. The Balaban J connectivity index is 1.65. The van der Waals surface area contributed by atoms with Gasteiger partial charge in [-0.15, -0.1) is 0 Å². The van der Waals surface area contributed by atoms with Crippen molar-refractivity contribution in [3.63, 3.8) is 0 Å². The molecule has 1 aromatic rings. The first-order valence-corrected chi connectivity index (χ1v) is 10.1. The van der Waals surface area contributed by atoms with Crippen LogP contribution in [0, 0.1) is 13.8 Å². The molecule has 0 unspecified atom stereocenters. The van der Waals surface area contributed by atoms with Crippen LogP contribution in [0.25, 0.3) is 0 Å². The minimum Gasteiger partial charge on any atom is -0.336 e. The molecule has 0 aromatic heterocycles. The monoisotopic (exact) mass is 335 g/mol. The molecule has 23 heavy (non-hydrogen) atoms. The molecule has 2 aliphatic rings. The van der Waals surface area contributed by atoms with Crippen molar-refractivity contribution in [2.45, 2.75) is 56.5 Å². The van der Waals surface area contributed by atoms with Gasteiger partial charge < -0.3 is 4.90 Å². The highest BCUT2D eigenvalue weighted by molar-refractivity contribution is 7.92. The highest BCUT2D eigenvalue weighted by atomic mass is 32.2. The highest BCUT2D eigenvalue weighted by Crippen LogP contribution is 2.30. The van der Waals surface area contributed by atoms with Crippen LogP contribution in [-0.4, -0.2) is 42.8 Å². The largest absolute Gasteiger partial charge is 0.336 e. The lowest BCUT2D eigenvalue weighted by Gasteiger charge is -2.41. The van der Waals surface area contributed by atoms with Crippen molar-refractivity contribution in [3.8, 4) is 0 Å². The molecular formula is C18H25NO3S. The normalized spacial score (nSPS) is 20.3. The van der Waals surface area contributed by atoms with Crippen molar-refractivity contribution in [1.82, 2.24) is 4.90 Å². The van der Waals surface area contributed by atoms with Gasteiger partial charge in [-0.05, 0) is 38.3 Å². The number of carbonyl (C=O) groups is 1. The second-order valence-electron chi connectivity index (χ2n) is 7.00. The van der Waals surface area contributed by atoms with Crippen LogP contribution < -0.4 is 0 Å². The maximum absolute atomic E-state index is 12.6. The van der Waals surface area contributed by atoms with Crippen molar-refractivity contribution in [1.29, 1.82) is 0 Å². The number of amides is 1. The van der Waals surface area contributed by atoms with Gasteiger partial charge in [0.2, 0.25) is 0 Å². The zero-order valence-corrected chi connectivity index (χ0v) is 14.7. The summed E-state index contributed by atoms with van der Waals surface area (Å²) in [5.41, 5.74) is 2.76. The summed E-state index contributed by atoms with van der Waals surface area (Å²) in [5.74, 6) is -0.0439. The number of nitrogens with zero attached hydrogens (tertiary/aromatic N) is 1.